The van der Waals surface area contributed by atoms with Crippen LogP contribution in [0, 0.1) is 13.8 Å². The van der Waals surface area contributed by atoms with Crippen molar-refractivity contribution in [2.24, 2.45) is 7.05 Å². The minimum absolute atomic E-state index is 0.0136. The minimum atomic E-state index is -0.0431. The first kappa shape index (κ1) is 22.9. The first-order chi connectivity index (χ1) is 15.8. The summed E-state index contributed by atoms with van der Waals surface area (Å²) in [6.07, 6.45) is 0.872. The van der Waals surface area contributed by atoms with Crippen molar-refractivity contribution in [2.45, 2.75) is 33.7 Å². The van der Waals surface area contributed by atoms with Crippen LogP contribution in [0.1, 0.15) is 40.7 Å². The minimum Gasteiger partial charge on any atom is -0.333 e. The number of hydrogen-bond donors (Lipinski definition) is 0. The van der Waals surface area contributed by atoms with Gasteiger partial charge in [-0.2, -0.15) is 5.10 Å². The van der Waals surface area contributed by atoms with Crippen LogP contribution in [0.4, 0.5) is 5.69 Å². The summed E-state index contributed by atoms with van der Waals surface area (Å²) in [6.45, 7) is 8.70. The molecular weight excluding hydrogens is 416 g/mol. The van der Waals surface area contributed by atoms with Crippen molar-refractivity contribution < 1.29 is 9.59 Å². The standard InChI is InChI=1S/C25H32N6O2/c1-17-15-21(23-18(2)27-29(5)24(23)26-17)25(33)30-14-13-28(4)11-8-12-31(19(3)32)22-10-7-6-9-20(22)16-30/h6-7,9-10,15H,8,11-14,16H2,1-5H3. The van der Waals surface area contributed by atoms with Gasteiger partial charge in [0.2, 0.25) is 5.91 Å². The summed E-state index contributed by atoms with van der Waals surface area (Å²) in [7, 11) is 3.91. The van der Waals surface area contributed by atoms with Gasteiger partial charge in [0.05, 0.1) is 16.6 Å². The third-order valence-corrected chi connectivity index (χ3v) is 6.31. The molecule has 0 saturated carbocycles. The molecule has 2 aromatic heterocycles. The molecule has 0 atom stereocenters. The van der Waals surface area contributed by atoms with Crippen molar-refractivity contribution in [3.63, 3.8) is 0 Å². The third-order valence-electron chi connectivity index (χ3n) is 6.31. The van der Waals surface area contributed by atoms with Crippen LogP contribution in [-0.2, 0) is 18.4 Å². The number of benzene rings is 1. The smallest absolute Gasteiger partial charge is 0.255 e. The molecule has 1 aliphatic heterocycles. The Morgan fingerprint density at radius 3 is 2.52 bits per heavy atom. The summed E-state index contributed by atoms with van der Waals surface area (Å²) in [5.74, 6) is -0.0295. The van der Waals surface area contributed by atoms with Crippen molar-refractivity contribution >= 4 is 28.5 Å². The molecule has 0 bridgehead atoms. The predicted octanol–water partition coefficient (Wildman–Crippen LogP) is 2.92. The van der Waals surface area contributed by atoms with E-state index in [4.69, 9.17) is 0 Å². The average molecular weight is 449 g/mol. The van der Waals surface area contributed by atoms with Crippen LogP contribution < -0.4 is 4.90 Å². The Labute approximate surface area is 194 Å². The highest BCUT2D eigenvalue weighted by Crippen LogP contribution is 2.27. The van der Waals surface area contributed by atoms with E-state index in [0.717, 1.165) is 47.5 Å². The predicted molar refractivity (Wildman–Crippen MR) is 129 cm³/mol. The number of amides is 2. The zero-order valence-corrected chi connectivity index (χ0v) is 20.1. The summed E-state index contributed by atoms with van der Waals surface area (Å²) in [4.78, 5) is 37.0. The van der Waals surface area contributed by atoms with Gasteiger partial charge < -0.3 is 14.7 Å². The van der Waals surface area contributed by atoms with Crippen molar-refractivity contribution in [1.82, 2.24) is 24.6 Å². The maximum Gasteiger partial charge on any atom is 0.255 e. The monoisotopic (exact) mass is 448 g/mol. The molecule has 0 radical (unpaired) electrons. The molecule has 1 aliphatic rings. The molecule has 174 valence electrons. The van der Waals surface area contributed by atoms with E-state index in [0.29, 0.717) is 30.8 Å². The number of para-hydroxylation sites is 1. The summed E-state index contributed by atoms with van der Waals surface area (Å²) >= 11 is 0. The van der Waals surface area contributed by atoms with Gasteiger partial charge >= 0.3 is 0 Å². The summed E-state index contributed by atoms with van der Waals surface area (Å²) in [5, 5.41) is 5.30. The van der Waals surface area contributed by atoms with Gasteiger partial charge in [0.1, 0.15) is 0 Å². The second-order valence-electron chi connectivity index (χ2n) is 8.90. The van der Waals surface area contributed by atoms with Gasteiger partial charge in [-0.15, -0.1) is 0 Å². The number of hydrogen-bond acceptors (Lipinski definition) is 5. The number of carbonyl (C=O) groups excluding carboxylic acids is 2. The molecule has 1 aromatic carbocycles. The Morgan fingerprint density at radius 1 is 1.00 bits per heavy atom. The van der Waals surface area contributed by atoms with Crippen molar-refractivity contribution in [3.8, 4) is 0 Å². The van der Waals surface area contributed by atoms with Crippen LogP contribution in [-0.4, -0.2) is 69.6 Å². The van der Waals surface area contributed by atoms with Gasteiger partial charge in [0.15, 0.2) is 5.65 Å². The number of pyridine rings is 1. The van der Waals surface area contributed by atoms with Crippen LogP contribution in [0.25, 0.3) is 11.0 Å². The summed E-state index contributed by atoms with van der Waals surface area (Å²) in [5.41, 5.74) is 4.76. The molecule has 0 N–H and O–H groups in total. The van der Waals surface area contributed by atoms with E-state index in [1.165, 1.54) is 0 Å². The van der Waals surface area contributed by atoms with Gasteiger partial charge in [0.25, 0.3) is 5.91 Å². The normalized spacial score (nSPS) is 15.9. The number of nitrogens with zero attached hydrogens (tertiary/aromatic N) is 6. The quantitative estimate of drug-likeness (QED) is 0.572. The lowest BCUT2D eigenvalue weighted by Gasteiger charge is -2.27. The molecule has 2 amide bonds. The number of rotatable bonds is 1. The van der Waals surface area contributed by atoms with Crippen molar-refractivity contribution in [1.29, 1.82) is 0 Å². The lowest BCUT2D eigenvalue weighted by Crippen LogP contribution is -2.37. The molecule has 0 fully saturated rings. The number of fused-ring (bicyclic) bond motifs is 2. The summed E-state index contributed by atoms with van der Waals surface area (Å²) < 4.78 is 1.73. The molecule has 0 saturated heterocycles. The highest BCUT2D eigenvalue weighted by Gasteiger charge is 2.25. The number of carbonyl (C=O) groups is 2. The second-order valence-corrected chi connectivity index (χ2v) is 8.90. The largest absolute Gasteiger partial charge is 0.333 e. The average Bonchev–Trinajstić information content (AvgIpc) is 3.04. The SMILES string of the molecule is CC(=O)N1CCCN(C)CCN(C(=O)c2cc(C)nc3c2c(C)nn3C)Cc2ccccc21. The Balaban J connectivity index is 1.79. The van der Waals surface area contributed by atoms with E-state index in [2.05, 4.69) is 22.0 Å². The van der Waals surface area contributed by atoms with Gasteiger partial charge in [-0.25, -0.2) is 4.98 Å². The van der Waals surface area contributed by atoms with E-state index in [-0.39, 0.29) is 11.8 Å². The van der Waals surface area contributed by atoms with Gasteiger partial charge in [-0.05, 0) is 51.6 Å². The number of anilines is 1. The van der Waals surface area contributed by atoms with E-state index in [9.17, 15) is 9.59 Å². The molecule has 33 heavy (non-hydrogen) atoms. The molecule has 0 spiro atoms. The zero-order chi connectivity index (χ0) is 23.7. The Kier molecular flexibility index (Phi) is 6.47. The number of aromatic nitrogens is 3. The fourth-order valence-electron chi connectivity index (χ4n) is 4.62. The van der Waals surface area contributed by atoms with E-state index >= 15 is 0 Å². The molecule has 3 heterocycles. The third kappa shape index (κ3) is 4.61. The number of likely N-dealkylation sites (N-methyl/N-ethyl adjacent to an activating group) is 1. The highest BCUT2D eigenvalue weighted by molar-refractivity contribution is 6.06. The molecular formula is C25H32N6O2. The van der Waals surface area contributed by atoms with E-state index < -0.39 is 0 Å². The van der Waals surface area contributed by atoms with E-state index in [1.54, 1.807) is 11.6 Å². The number of aryl methyl sites for hydroxylation is 3. The highest BCUT2D eigenvalue weighted by atomic mass is 16.2. The molecule has 0 aliphatic carbocycles. The zero-order valence-electron chi connectivity index (χ0n) is 20.1. The first-order valence-corrected chi connectivity index (χ1v) is 11.4. The lowest BCUT2D eigenvalue weighted by atomic mass is 10.1. The molecule has 0 unspecified atom stereocenters. The molecule has 8 nitrogen and oxygen atoms in total. The summed E-state index contributed by atoms with van der Waals surface area (Å²) in [6, 6.07) is 9.76. The maximum atomic E-state index is 14.0. The van der Waals surface area contributed by atoms with Crippen LogP contribution in [0.15, 0.2) is 30.3 Å². The molecule has 8 heteroatoms. The topological polar surface area (TPSA) is 74.6 Å². The van der Waals surface area contributed by atoms with Crippen LogP contribution in [0.5, 0.6) is 0 Å². The van der Waals surface area contributed by atoms with E-state index in [1.807, 2.05) is 61.0 Å². The van der Waals surface area contributed by atoms with Gasteiger partial charge in [-0.1, -0.05) is 18.2 Å². The van der Waals surface area contributed by atoms with Crippen molar-refractivity contribution in [3.05, 3.63) is 52.8 Å². The van der Waals surface area contributed by atoms with Gasteiger partial charge in [-0.3, -0.25) is 14.3 Å². The van der Waals surface area contributed by atoms with Crippen LogP contribution >= 0.6 is 0 Å². The van der Waals surface area contributed by atoms with Gasteiger partial charge in [0, 0.05) is 51.5 Å². The Morgan fingerprint density at radius 2 is 1.76 bits per heavy atom. The fraction of sp³-hybridized carbons (Fsp3) is 0.440. The Hall–Kier alpha value is -3.26. The first-order valence-electron chi connectivity index (χ1n) is 11.4. The molecule has 3 aromatic rings. The lowest BCUT2D eigenvalue weighted by molar-refractivity contribution is -0.116. The fourth-order valence-corrected chi connectivity index (χ4v) is 4.62. The van der Waals surface area contributed by atoms with Crippen LogP contribution in [0.3, 0.4) is 0 Å². The Bertz CT molecular complexity index is 1200. The van der Waals surface area contributed by atoms with Crippen LogP contribution in [0.2, 0.25) is 0 Å². The molecule has 4 rings (SSSR count). The second kappa shape index (κ2) is 9.31. The van der Waals surface area contributed by atoms with Crippen molar-refractivity contribution in [2.75, 3.05) is 38.1 Å². The maximum absolute atomic E-state index is 14.0.